The van der Waals surface area contributed by atoms with E-state index < -0.39 is 0 Å². The highest BCUT2D eigenvalue weighted by Crippen LogP contribution is 2.31. The van der Waals surface area contributed by atoms with Crippen LogP contribution in [0.25, 0.3) is 11.6 Å². The van der Waals surface area contributed by atoms with Crippen molar-refractivity contribution >= 4 is 17.6 Å². The lowest BCUT2D eigenvalue weighted by Crippen LogP contribution is -2.07. The van der Waals surface area contributed by atoms with Gasteiger partial charge in [0.05, 0.1) is 25.9 Å². The van der Waals surface area contributed by atoms with Crippen LogP contribution in [0.1, 0.15) is 30.9 Å². The van der Waals surface area contributed by atoms with E-state index in [4.69, 9.17) is 14.2 Å². The van der Waals surface area contributed by atoms with Gasteiger partial charge in [-0.1, -0.05) is 25.1 Å². The summed E-state index contributed by atoms with van der Waals surface area (Å²) in [7, 11) is 3.07. The van der Waals surface area contributed by atoms with Crippen molar-refractivity contribution in [2.45, 2.75) is 19.8 Å². The molecule has 0 aliphatic carbocycles. The summed E-state index contributed by atoms with van der Waals surface area (Å²) >= 11 is 0. The summed E-state index contributed by atoms with van der Waals surface area (Å²) < 4.78 is 16.0. The molecule has 0 heterocycles. The molecule has 134 valence electrons. The van der Waals surface area contributed by atoms with Crippen LogP contribution in [0.2, 0.25) is 0 Å². The lowest BCUT2D eigenvalue weighted by Gasteiger charge is -2.10. The van der Waals surface area contributed by atoms with Crippen LogP contribution in [0.5, 0.6) is 17.2 Å². The minimum Gasteiger partial charge on any atom is -0.496 e. The van der Waals surface area contributed by atoms with Crippen LogP contribution in [-0.2, 0) is 4.79 Å². The smallest absolute Gasteiger partial charge is 0.311 e. The number of allylic oxidation sites excluding steroid dienone is 1. The molecule has 0 spiro atoms. The second kappa shape index (κ2) is 9.28. The minimum absolute atomic E-state index is 0.305. The first kappa shape index (κ1) is 19.1. The molecule has 2 rings (SSSR count). The molecular weight excluding hydrogens is 330 g/mol. The van der Waals surface area contributed by atoms with Gasteiger partial charge in [0.2, 0.25) is 0 Å². The molecule has 5 nitrogen and oxygen atoms in total. The number of hydrogen-bond donors (Lipinski definition) is 0. The molecule has 2 aromatic carbocycles. The molecule has 0 amide bonds. The van der Waals surface area contributed by atoms with E-state index in [2.05, 4.69) is 6.07 Å². The first-order valence-electron chi connectivity index (χ1n) is 8.26. The Bertz CT molecular complexity index is 849. The molecule has 5 heteroatoms. The Hall–Kier alpha value is -3.26. The van der Waals surface area contributed by atoms with Crippen LogP contribution in [0.3, 0.4) is 0 Å². The zero-order chi connectivity index (χ0) is 18.9. The molecule has 0 atom stereocenters. The van der Waals surface area contributed by atoms with Gasteiger partial charge in [-0.2, -0.15) is 5.26 Å². The Morgan fingerprint density at radius 1 is 1.08 bits per heavy atom. The Labute approximate surface area is 153 Å². The van der Waals surface area contributed by atoms with Crippen LogP contribution in [-0.4, -0.2) is 20.2 Å². The quantitative estimate of drug-likeness (QED) is 0.318. The summed E-state index contributed by atoms with van der Waals surface area (Å²) in [6.45, 7) is 1.91. The monoisotopic (exact) mass is 351 g/mol. The topological polar surface area (TPSA) is 68.6 Å². The van der Waals surface area contributed by atoms with Crippen molar-refractivity contribution in [3.63, 3.8) is 0 Å². The molecule has 0 saturated carbocycles. The molecule has 0 fully saturated rings. The molecule has 0 aliphatic rings. The number of rotatable bonds is 7. The van der Waals surface area contributed by atoms with Crippen LogP contribution < -0.4 is 14.2 Å². The third-order valence-electron chi connectivity index (χ3n) is 3.69. The number of ether oxygens (including phenoxy) is 3. The highest BCUT2D eigenvalue weighted by Gasteiger charge is 2.12. The Kier molecular flexibility index (Phi) is 6.81. The Morgan fingerprint density at radius 3 is 2.46 bits per heavy atom. The van der Waals surface area contributed by atoms with E-state index in [9.17, 15) is 10.1 Å². The first-order valence-corrected chi connectivity index (χ1v) is 8.26. The van der Waals surface area contributed by atoms with Crippen molar-refractivity contribution in [3.05, 3.63) is 53.6 Å². The number of para-hydroxylation sites is 1. The van der Waals surface area contributed by atoms with Gasteiger partial charge >= 0.3 is 5.97 Å². The number of carbonyl (C=O) groups is 1. The summed E-state index contributed by atoms with van der Waals surface area (Å²) in [6, 6.07) is 14.7. The fraction of sp³-hybridized carbons (Fsp3) is 0.238. The maximum absolute atomic E-state index is 11.7. The second-order valence-corrected chi connectivity index (χ2v) is 5.50. The zero-order valence-corrected chi connectivity index (χ0v) is 15.1. The van der Waals surface area contributed by atoms with E-state index in [1.165, 1.54) is 7.11 Å². The number of methoxy groups -OCH3 is 2. The second-order valence-electron chi connectivity index (χ2n) is 5.50. The summed E-state index contributed by atoms with van der Waals surface area (Å²) in [5.41, 5.74) is 1.91. The summed E-state index contributed by atoms with van der Waals surface area (Å²) in [5, 5.41) is 9.55. The number of nitrogens with zero attached hydrogens (tertiary/aromatic N) is 1. The van der Waals surface area contributed by atoms with Gasteiger partial charge in [-0.3, -0.25) is 4.79 Å². The lowest BCUT2D eigenvalue weighted by atomic mass is 10.0. The lowest BCUT2D eigenvalue weighted by molar-refractivity contribution is -0.134. The Balaban J connectivity index is 2.37. The predicted molar refractivity (Wildman–Crippen MR) is 100 cm³/mol. The SMILES string of the molecule is CCCC(=O)Oc1ccc(/C=C(/C#N)c2ccccc2OC)cc1OC. The summed E-state index contributed by atoms with van der Waals surface area (Å²) in [5.74, 6) is 1.11. The van der Waals surface area contributed by atoms with Gasteiger partial charge in [-0.15, -0.1) is 0 Å². The average Bonchev–Trinajstić information content (AvgIpc) is 2.67. The van der Waals surface area contributed by atoms with Crippen molar-refractivity contribution in [1.29, 1.82) is 5.26 Å². The highest BCUT2D eigenvalue weighted by atomic mass is 16.6. The van der Waals surface area contributed by atoms with Crippen molar-refractivity contribution in [2.24, 2.45) is 0 Å². The van der Waals surface area contributed by atoms with Crippen molar-refractivity contribution in [2.75, 3.05) is 14.2 Å². The average molecular weight is 351 g/mol. The van der Waals surface area contributed by atoms with Gasteiger partial charge in [-0.25, -0.2) is 0 Å². The third kappa shape index (κ3) is 4.64. The van der Waals surface area contributed by atoms with Crippen molar-refractivity contribution in [3.8, 4) is 23.3 Å². The van der Waals surface area contributed by atoms with Gasteiger partial charge in [0.15, 0.2) is 11.5 Å². The van der Waals surface area contributed by atoms with E-state index in [1.54, 1.807) is 37.5 Å². The standard InChI is InChI=1S/C21H21NO4/c1-4-7-21(23)26-19-11-10-15(13-20(19)25-3)12-16(14-22)17-8-5-6-9-18(17)24-2/h5-6,8-13H,4,7H2,1-3H3/b16-12-. The Morgan fingerprint density at radius 2 is 1.81 bits per heavy atom. The van der Waals surface area contributed by atoms with Crippen LogP contribution in [0, 0.1) is 11.3 Å². The summed E-state index contributed by atoms with van der Waals surface area (Å²) in [4.78, 5) is 11.7. The molecule has 0 unspecified atom stereocenters. The zero-order valence-electron chi connectivity index (χ0n) is 15.1. The predicted octanol–water partition coefficient (Wildman–Crippen LogP) is 4.47. The summed E-state index contributed by atoms with van der Waals surface area (Å²) in [6.07, 6.45) is 2.79. The van der Waals surface area contributed by atoms with E-state index in [0.29, 0.717) is 41.2 Å². The molecule has 0 aromatic heterocycles. The van der Waals surface area contributed by atoms with Gasteiger partial charge in [-0.05, 0) is 42.3 Å². The van der Waals surface area contributed by atoms with Gasteiger partial charge in [0.25, 0.3) is 0 Å². The van der Waals surface area contributed by atoms with Gasteiger partial charge in [0.1, 0.15) is 5.75 Å². The number of nitriles is 1. The van der Waals surface area contributed by atoms with E-state index in [1.807, 2.05) is 25.1 Å². The fourth-order valence-electron chi connectivity index (χ4n) is 2.44. The van der Waals surface area contributed by atoms with E-state index >= 15 is 0 Å². The molecule has 0 radical (unpaired) electrons. The number of benzene rings is 2. The van der Waals surface area contributed by atoms with Crippen molar-refractivity contribution in [1.82, 2.24) is 0 Å². The molecule has 0 N–H and O–H groups in total. The number of esters is 1. The molecule has 26 heavy (non-hydrogen) atoms. The van der Waals surface area contributed by atoms with Crippen molar-refractivity contribution < 1.29 is 19.0 Å². The third-order valence-corrected chi connectivity index (χ3v) is 3.69. The largest absolute Gasteiger partial charge is 0.496 e. The van der Waals surface area contributed by atoms with Crippen LogP contribution in [0.15, 0.2) is 42.5 Å². The fourth-order valence-corrected chi connectivity index (χ4v) is 2.44. The first-order chi connectivity index (χ1) is 12.6. The maximum atomic E-state index is 11.7. The number of carbonyl (C=O) groups excluding carboxylic acids is 1. The van der Waals surface area contributed by atoms with Crippen LogP contribution in [0.4, 0.5) is 0 Å². The minimum atomic E-state index is -0.305. The normalized spacial score (nSPS) is 10.8. The molecular formula is C21H21NO4. The number of hydrogen-bond acceptors (Lipinski definition) is 5. The van der Waals surface area contributed by atoms with E-state index in [0.717, 1.165) is 5.56 Å². The van der Waals surface area contributed by atoms with Crippen LogP contribution >= 0.6 is 0 Å². The maximum Gasteiger partial charge on any atom is 0.311 e. The van der Waals surface area contributed by atoms with Gasteiger partial charge in [0, 0.05) is 12.0 Å². The highest BCUT2D eigenvalue weighted by molar-refractivity contribution is 5.92. The molecule has 0 aliphatic heterocycles. The molecule has 0 bridgehead atoms. The molecule has 0 saturated heterocycles. The van der Waals surface area contributed by atoms with Gasteiger partial charge < -0.3 is 14.2 Å². The molecule has 2 aromatic rings. The van der Waals surface area contributed by atoms with E-state index in [-0.39, 0.29) is 5.97 Å².